The molecule has 0 aliphatic rings. The number of aliphatic hydroxyl groups excluding tert-OH is 1. The zero-order valence-electron chi connectivity index (χ0n) is 34.3. The molecule has 3 N–H and O–H groups in total. The molecule has 3 atom stereocenters. The predicted octanol–water partition coefficient (Wildman–Crippen LogP) is 11.3. The van der Waals surface area contributed by atoms with Gasteiger partial charge in [-0.3, -0.25) is 13.8 Å². The van der Waals surface area contributed by atoms with Crippen molar-refractivity contribution in [2.75, 3.05) is 40.9 Å². The highest BCUT2D eigenvalue weighted by Crippen LogP contribution is 2.43. The van der Waals surface area contributed by atoms with Crippen molar-refractivity contribution in [1.82, 2.24) is 5.32 Å². The van der Waals surface area contributed by atoms with Crippen LogP contribution in [0.1, 0.15) is 168 Å². The van der Waals surface area contributed by atoms with Gasteiger partial charge in [0, 0.05) is 6.42 Å². The Morgan fingerprint density at radius 2 is 1.12 bits per heavy atom. The SMILES string of the molecule is CCCCCC/C=C\C/C=C\CCCCCCCC(=O)NC(COP(=O)(O)OCC[N+](C)(C)C)C(O)/C=C/CC/C=C/CCCCCCCCCC. The van der Waals surface area contributed by atoms with Crippen LogP contribution in [0.4, 0.5) is 0 Å². The first-order valence-electron chi connectivity index (χ1n) is 21.0. The maximum Gasteiger partial charge on any atom is 0.472 e. The van der Waals surface area contributed by atoms with Gasteiger partial charge in [-0.05, 0) is 64.2 Å². The Morgan fingerprint density at radius 1 is 0.654 bits per heavy atom. The highest BCUT2D eigenvalue weighted by Gasteiger charge is 2.27. The second kappa shape index (κ2) is 35.2. The van der Waals surface area contributed by atoms with E-state index in [0.717, 1.165) is 64.2 Å². The lowest BCUT2D eigenvalue weighted by Crippen LogP contribution is -2.45. The topological polar surface area (TPSA) is 105 Å². The molecule has 0 saturated heterocycles. The summed E-state index contributed by atoms with van der Waals surface area (Å²) >= 11 is 0. The number of phosphoric ester groups is 1. The number of amides is 1. The van der Waals surface area contributed by atoms with Gasteiger partial charge in [-0.2, -0.15) is 0 Å². The minimum Gasteiger partial charge on any atom is -0.387 e. The first-order chi connectivity index (χ1) is 25.0. The molecule has 0 fully saturated rings. The Bertz CT molecular complexity index is 991. The van der Waals surface area contributed by atoms with E-state index in [1.807, 2.05) is 27.2 Å². The number of nitrogens with zero attached hydrogens (tertiary/aromatic N) is 1. The number of quaternary nitrogens is 1. The van der Waals surface area contributed by atoms with E-state index in [9.17, 15) is 19.4 Å². The fourth-order valence-electron chi connectivity index (χ4n) is 5.61. The molecule has 304 valence electrons. The molecule has 0 rings (SSSR count). The van der Waals surface area contributed by atoms with Gasteiger partial charge in [-0.15, -0.1) is 0 Å². The van der Waals surface area contributed by atoms with Gasteiger partial charge in [-0.25, -0.2) is 4.57 Å². The smallest absolute Gasteiger partial charge is 0.387 e. The number of rotatable bonds is 37. The van der Waals surface area contributed by atoms with Crippen LogP contribution in [0.2, 0.25) is 0 Å². The van der Waals surface area contributed by atoms with Crippen molar-refractivity contribution in [2.24, 2.45) is 0 Å². The highest BCUT2D eigenvalue weighted by atomic mass is 31.2. The lowest BCUT2D eigenvalue weighted by molar-refractivity contribution is -0.870. The Labute approximate surface area is 320 Å². The first kappa shape index (κ1) is 50.5. The molecule has 0 aliphatic carbocycles. The minimum absolute atomic E-state index is 0.0518. The van der Waals surface area contributed by atoms with E-state index in [2.05, 4.69) is 55.6 Å². The number of unbranched alkanes of at least 4 members (excludes halogenated alkanes) is 18. The maximum absolute atomic E-state index is 12.8. The number of carbonyl (C=O) groups is 1. The monoisotopic (exact) mass is 754 g/mol. The minimum atomic E-state index is -4.35. The van der Waals surface area contributed by atoms with E-state index in [-0.39, 0.29) is 19.1 Å². The average Bonchev–Trinajstić information content (AvgIpc) is 3.09. The fourth-order valence-corrected chi connectivity index (χ4v) is 6.35. The lowest BCUT2D eigenvalue weighted by atomic mass is 10.1. The van der Waals surface area contributed by atoms with Crippen LogP contribution in [-0.2, 0) is 18.4 Å². The summed E-state index contributed by atoms with van der Waals surface area (Å²) in [6, 6.07) is -0.869. The largest absolute Gasteiger partial charge is 0.472 e. The van der Waals surface area contributed by atoms with Gasteiger partial charge in [0.1, 0.15) is 13.2 Å². The number of hydrogen-bond donors (Lipinski definition) is 3. The molecule has 9 heteroatoms. The van der Waals surface area contributed by atoms with Gasteiger partial charge in [0.15, 0.2) is 0 Å². The maximum atomic E-state index is 12.8. The van der Waals surface area contributed by atoms with E-state index in [1.165, 1.54) is 83.5 Å². The number of allylic oxidation sites excluding steroid dienone is 7. The third-order valence-corrected chi connectivity index (χ3v) is 10.0. The molecule has 0 aliphatic heterocycles. The van der Waals surface area contributed by atoms with Crippen LogP contribution >= 0.6 is 7.82 Å². The summed E-state index contributed by atoms with van der Waals surface area (Å²) in [6.07, 6.45) is 43.2. The summed E-state index contributed by atoms with van der Waals surface area (Å²) in [5.74, 6) is -0.204. The average molecular weight is 754 g/mol. The van der Waals surface area contributed by atoms with Crippen molar-refractivity contribution in [1.29, 1.82) is 0 Å². The van der Waals surface area contributed by atoms with E-state index in [1.54, 1.807) is 6.08 Å². The van der Waals surface area contributed by atoms with Crippen LogP contribution < -0.4 is 5.32 Å². The molecule has 0 spiro atoms. The third kappa shape index (κ3) is 36.8. The first-order valence-corrected chi connectivity index (χ1v) is 22.5. The normalized spacial score (nSPS) is 15.0. The summed E-state index contributed by atoms with van der Waals surface area (Å²) in [6.45, 7) is 4.74. The summed E-state index contributed by atoms with van der Waals surface area (Å²) in [5, 5.41) is 13.8. The molecule has 8 nitrogen and oxygen atoms in total. The second-order valence-electron chi connectivity index (χ2n) is 15.4. The van der Waals surface area contributed by atoms with Gasteiger partial charge in [0.2, 0.25) is 5.91 Å². The number of carbonyl (C=O) groups excluding carboxylic acids is 1. The zero-order valence-corrected chi connectivity index (χ0v) is 35.2. The van der Waals surface area contributed by atoms with Gasteiger partial charge in [-0.1, -0.05) is 146 Å². The molecule has 0 bridgehead atoms. The molecular formula is C43H82N2O6P+. The summed E-state index contributed by atoms with van der Waals surface area (Å²) in [5.41, 5.74) is 0. The molecule has 0 aromatic carbocycles. The number of nitrogens with one attached hydrogen (secondary N) is 1. The van der Waals surface area contributed by atoms with Gasteiger partial charge in [0.25, 0.3) is 0 Å². The Morgan fingerprint density at radius 3 is 1.67 bits per heavy atom. The molecular weight excluding hydrogens is 671 g/mol. The number of hydrogen-bond acceptors (Lipinski definition) is 5. The van der Waals surface area contributed by atoms with Crippen molar-refractivity contribution in [3.63, 3.8) is 0 Å². The molecule has 52 heavy (non-hydrogen) atoms. The molecule has 1 amide bonds. The van der Waals surface area contributed by atoms with Crippen LogP contribution in [0.5, 0.6) is 0 Å². The Balaban J connectivity index is 4.56. The van der Waals surface area contributed by atoms with E-state index < -0.39 is 20.0 Å². The van der Waals surface area contributed by atoms with Crippen LogP contribution in [-0.4, -0.2) is 73.4 Å². The molecule has 0 aromatic rings. The van der Waals surface area contributed by atoms with Crippen molar-refractivity contribution >= 4 is 13.7 Å². The van der Waals surface area contributed by atoms with E-state index >= 15 is 0 Å². The molecule has 3 unspecified atom stereocenters. The number of aliphatic hydroxyl groups is 1. The zero-order chi connectivity index (χ0) is 38.6. The molecule has 0 saturated carbocycles. The van der Waals surface area contributed by atoms with Crippen molar-refractivity contribution in [3.05, 3.63) is 48.6 Å². The predicted molar refractivity (Wildman–Crippen MR) is 221 cm³/mol. The van der Waals surface area contributed by atoms with Crippen LogP contribution in [0.25, 0.3) is 0 Å². The van der Waals surface area contributed by atoms with Gasteiger partial charge < -0.3 is 19.8 Å². The molecule has 0 heterocycles. The quantitative estimate of drug-likeness (QED) is 0.0252. The lowest BCUT2D eigenvalue weighted by Gasteiger charge is -2.25. The summed E-state index contributed by atoms with van der Waals surface area (Å²) in [4.78, 5) is 23.0. The van der Waals surface area contributed by atoms with Crippen LogP contribution in [0.15, 0.2) is 48.6 Å². The summed E-state index contributed by atoms with van der Waals surface area (Å²) < 4.78 is 23.5. The van der Waals surface area contributed by atoms with E-state index in [0.29, 0.717) is 17.4 Å². The molecule has 0 radical (unpaired) electrons. The van der Waals surface area contributed by atoms with Crippen molar-refractivity contribution in [3.8, 4) is 0 Å². The number of phosphoric acid groups is 1. The summed E-state index contributed by atoms with van der Waals surface area (Å²) in [7, 11) is 1.54. The highest BCUT2D eigenvalue weighted by molar-refractivity contribution is 7.47. The third-order valence-electron chi connectivity index (χ3n) is 9.02. The Kier molecular flexibility index (Phi) is 34.1. The standard InChI is InChI=1S/C43H81N2O6P/c1-6-8-10-12-14-16-18-20-22-23-25-27-29-31-33-35-37-43(47)44-41(40-51-52(48,49)50-39-38-45(3,4)5)42(46)36-34-32-30-28-26-24-21-19-17-15-13-11-9-7-2/h16,18,22-23,26,28,34,36,41-42,46H,6-15,17,19-21,24-25,27,29-33,35,37-40H2,1-5H3,(H-,44,47,48,49)/p+1/b18-16-,23-22-,28-26+,36-34+. The second-order valence-corrected chi connectivity index (χ2v) is 16.8. The van der Waals surface area contributed by atoms with Crippen molar-refractivity contribution < 1.29 is 32.9 Å². The van der Waals surface area contributed by atoms with Gasteiger partial charge >= 0.3 is 7.82 Å². The van der Waals surface area contributed by atoms with E-state index in [4.69, 9.17) is 9.05 Å². The van der Waals surface area contributed by atoms with Crippen molar-refractivity contribution in [2.45, 2.75) is 180 Å². The van der Waals surface area contributed by atoms with Gasteiger partial charge in [0.05, 0.1) is 39.9 Å². The Hall–Kier alpha value is -1.54. The fraction of sp³-hybridized carbons (Fsp3) is 0.791. The van der Waals surface area contributed by atoms with Crippen LogP contribution in [0.3, 0.4) is 0 Å². The molecule has 0 aromatic heterocycles. The van der Waals surface area contributed by atoms with Crippen LogP contribution in [0, 0.1) is 0 Å². The number of likely N-dealkylation sites (N-methyl/N-ethyl adjacent to an activating group) is 1.